The van der Waals surface area contributed by atoms with E-state index in [-0.39, 0.29) is 0 Å². The maximum Gasteiger partial charge on any atom is 0.220 e. The Morgan fingerprint density at radius 2 is 2.21 bits per heavy atom. The molecule has 0 fully saturated rings. The summed E-state index contributed by atoms with van der Waals surface area (Å²) < 4.78 is 0. The Bertz CT molecular complexity index is 488. The third-order valence-electron chi connectivity index (χ3n) is 2.50. The molecule has 0 unspecified atom stereocenters. The van der Waals surface area contributed by atoms with Crippen LogP contribution in [0.25, 0.3) is 11.3 Å². The molecule has 1 aliphatic carbocycles. The Hall–Kier alpha value is -1.91. The van der Waals surface area contributed by atoms with E-state index in [0.717, 1.165) is 35.4 Å². The van der Waals surface area contributed by atoms with Crippen molar-refractivity contribution >= 4 is 5.95 Å². The molecule has 0 saturated heterocycles. The minimum Gasteiger partial charge on any atom is -0.368 e. The molecule has 0 saturated carbocycles. The van der Waals surface area contributed by atoms with Crippen LogP contribution in [0, 0.1) is 0 Å². The Morgan fingerprint density at radius 3 is 3.14 bits per heavy atom. The molecule has 3 N–H and O–H groups in total. The number of nitrogen functional groups attached to an aromatic ring is 1. The van der Waals surface area contributed by atoms with Gasteiger partial charge in [0.25, 0.3) is 0 Å². The SMILES string of the molecule is Nc1ncc2c(n1)-c1cn[nH]c1CC2. The molecule has 5 nitrogen and oxygen atoms in total. The van der Waals surface area contributed by atoms with Crippen molar-refractivity contribution in [3.05, 3.63) is 23.7 Å². The van der Waals surface area contributed by atoms with E-state index in [4.69, 9.17) is 5.73 Å². The fraction of sp³-hybridized carbons (Fsp3) is 0.222. The van der Waals surface area contributed by atoms with E-state index in [1.54, 1.807) is 12.4 Å². The van der Waals surface area contributed by atoms with E-state index in [9.17, 15) is 0 Å². The molecule has 70 valence electrons. The van der Waals surface area contributed by atoms with Gasteiger partial charge in [-0.05, 0) is 18.4 Å². The van der Waals surface area contributed by atoms with Gasteiger partial charge in [-0.25, -0.2) is 9.97 Å². The first-order valence-electron chi connectivity index (χ1n) is 4.48. The molecule has 1 aliphatic rings. The molecule has 2 aromatic heterocycles. The number of nitrogens with one attached hydrogen (secondary N) is 1. The normalized spacial score (nSPS) is 13.4. The van der Waals surface area contributed by atoms with Gasteiger partial charge in [0.05, 0.1) is 11.9 Å². The average Bonchev–Trinajstić information content (AvgIpc) is 2.65. The summed E-state index contributed by atoms with van der Waals surface area (Å²) in [6, 6.07) is 0. The molecule has 0 bridgehead atoms. The van der Waals surface area contributed by atoms with Gasteiger partial charge in [-0.15, -0.1) is 0 Å². The molecular formula is C9H9N5. The molecule has 2 aromatic rings. The van der Waals surface area contributed by atoms with Gasteiger partial charge in [0.15, 0.2) is 0 Å². The van der Waals surface area contributed by atoms with Crippen LogP contribution in [0.3, 0.4) is 0 Å². The summed E-state index contributed by atoms with van der Waals surface area (Å²) in [5, 5.41) is 6.97. The van der Waals surface area contributed by atoms with Crippen LogP contribution in [0.5, 0.6) is 0 Å². The van der Waals surface area contributed by atoms with Crippen molar-refractivity contribution in [2.45, 2.75) is 12.8 Å². The van der Waals surface area contributed by atoms with Crippen molar-refractivity contribution in [3.8, 4) is 11.3 Å². The summed E-state index contributed by atoms with van der Waals surface area (Å²) in [7, 11) is 0. The minimum absolute atomic E-state index is 0.317. The van der Waals surface area contributed by atoms with Crippen LogP contribution in [0.4, 0.5) is 5.95 Å². The van der Waals surface area contributed by atoms with Crippen LogP contribution in [-0.2, 0) is 12.8 Å². The molecular weight excluding hydrogens is 178 g/mol. The summed E-state index contributed by atoms with van der Waals surface area (Å²) in [5.41, 5.74) is 9.82. The Morgan fingerprint density at radius 1 is 1.29 bits per heavy atom. The highest BCUT2D eigenvalue weighted by Gasteiger charge is 2.19. The largest absolute Gasteiger partial charge is 0.368 e. The van der Waals surface area contributed by atoms with E-state index < -0.39 is 0 Å². The third-order valence-corrected chi connectivity index (χ3v) is 2.50. The molecule has 0 atom stereocenters. The van der Waals surface area contributed by atoms with E-state index in [2.05, 4.69) is 20.2 Å². The van der Waals surface area contributed by atoms with Crippen LogP contribution >= 0.6 is 0 Å². The zero-order valence-corrected chi connectivity index (χ0v) is 7.49. The first-order chi connectivity index (χ1) is 6.84. The zero-order valence-electron chi connectivity index (χ0n) is 7.49. The summed E-state index contributed by atoms with van der Waals surface area (Å²) in [5.74, 6) is 0.317. The smallest absolute Gasteiger partial charge is 0.220 e. The topological polar surface area (TPSA) is 80.5 Å². The third kappa shape index (κ3) is 0.921. The standard InChI is InChI=1S/C9H9N5/c10-9-11-3-5-1-2-7-6(4-12-14-7)8(5)13-9/h3-4H,1-2H2,(H,12,14)(H2,10,11,13). The zero-order chi connectivity index (χ0) is 9.54. The number of hydrogen-bond donors (Lipinski definition) is 2. The first-order valence-corrected chi connectivity index (χ1v) is 4.48. The van der Waals surface area contributed by atoms with Gasteiger partial charge in [-0.3, -0.25) is 5.10 Å². The monoisotopic (exact) mass is 187 g/mol. The molecule has 0 aliphatic heterocycles. The van der Waals surface area contributed by atoms with Crippen molar-refractivity contribution in [3.63, 3.8) is 0 Å². The average molecular weight is 187 g/mol. The number of H-pyrrole nitrogens is 1. The van der Waals surface area contributed by atoms with Gasteiger partial charge in [0.1, 0.15) is 0 Å². The van der Waals surface area contributed by atoms with E-state index in [0.29, 0.717) is 5.95 Å². The lowest BCUT2D eigenvalue weighted by molar-refractivity contribution is 0.867. The van der Waals surface area contributed by atoms with Gasteiger partial charge < -0.3 is 5.73 Å². The molecule has 0 amide bonds. The van der Waals surface area contributed by atoms with E-state index >= 15 is 0 Å². The number of fused-ring (bicyclic) bond motifs is 3. The first kappa shape index (κ1) is 7.49. The summed E-state index contributed by atoms with van der Waals surface area (Å²) in [6.07, 6.45) is 5.51. The van der Waals surface area contributed by atoms with Crippen molar-refractivity contribution in [1.29, 1.82) is 0 Å². The van der Waals surface area contributed by atoms with E-state index in [1.165, 1.54) is 0 Å². The van der Waals surface area contributed by atoms with Crippen LogP contribution in [0.15, 0.2) is 12.4 Å². The van der Waals surface area contributed by atoms with Crippen molar-refractivity contribution < 1.29 is 0 Å². The molecule has 14 heavy (non-hydrogen) atoms. The lowest BCUT2D eigenvalue weighted by Gasteiger charge is -2.13. The molecule has 0 aromatic carbocycles. The summed E-state index contributed by atoms with van der Waals surface area (Å²) >= 11 is 0. The number of hydrogen-bond acceptors (Lipinski definition) is 4. The fourth-order valence-corrected chi connectivity index (χ4v) is 1.80. The number of aryl methyl sites for hydroxylation is 2. The lowest BCUT2D eigenvalue weighted by atomic mass is 9.96. The van der Waals surface area contributed by atoms with Crippen LogP contribution < -0.4 is 5.73 Å². The van der Waals surface area contributed by atoms with Crippen molar-refractivity contribution in [1.82, 2.24) is 20.2 Å². The van der Waals surface area contributed by atoms with Crippen molar-refractivity contribution in [2.75, 3.05) is 5.73 Å². The maximum atomic E-state index is 5.55. The van der Waals surface area contributed by atoms with Crippen LogP contribution in [-0.4, -0.2) is 20.2 Å². The quantitative estimate of drug-likeness (QED) is 0.631. The molecule has 5 heteroatoms. The maximum absolute atomic E-state index is 5.55. The summed E-state index contributed by atoms with van der Waals surface area (Å²) in [4.78, 5) is 8.22. The van der Waals surface area contributed by atoms with Gasteiger partial charge in [-0.1, -0.05) is 0 Å². The second kappa shape index (κ2) is 2.54. The number of aromatic amines is 1. The highest BCUT2D eigenvalue weighted by atomic mass is 15.1. The second-order valence-electron chi connectivity index (χ2n) is 3.36. The number of aromatic nitrogens is 4. The second-order valence-corrected chi connectivity index (χ2v) is 3.36. The Labute approximate surface area is 80.4 Å². The van der Waals surface area contributed by atoms with Crippen molar-refractivity contribution in [2.24, 2.45) is 0 Å². The summed E-state index contributed by atoms with van der Waals surface area (Å²) in [6.45, 7) is 0. The molecule has 2 heterocycles. The van der Waals surface area contributed by atoms with E-state index in [1.807, 2.05) is 0 Å². The number of nitrogens with zero attached hydrogens (tertiary/aromatic N) is 3. The Kier molecular flexibility index (Phi) is 1.36. The number of nitrogens with two attached hydrogens (primary N) is 1. The van der Waals surface area contributed by atoms with Gasteiger partial charge in [0.2, 0.25) is 5.95 Å². The molecule has 0 radical (unpaired) electrons. The minimum atomic E-state index is 0.317. The van der Waals surface area contributed by atoms with Gasteiger partial charge >= 0.3 is 0 Å². The van der Waals surface area contributed by atoms with Gasteiger partial charge in [-0.2, -0.15) is 5.10 Å². The predicted octanol–water partition coefficient (Wildman–Crippen LogP) is 0.547. The molecule has 3 rings (SSSR count). The highest BCUT2D eigenvalue weighted by molar-refractivity contribution is 5.67. The Balaban J connectivity index is 2.28. The molecule has 0 spiro atoms. The predicted molar refractivity (Wildman–Crippen MR) is 51.4 cm³/mol. The highest BCUT2D eigenvalue weighted by Crippen LogP contribution is 2.29. The van der Waals surface area contributed by atoms with Crippen LogP contribution in [0.1, 0.15) is 11.3 Å². The number of anilines is 1. The van der Waals surface area contributed by atoms with Crippen LogP contribution in [0.2, 0.25) is 0 Å². The lowest BCUT2D eigenvalue weighted by Crippen LogP contribution is -2.07. The number of rotatable bonds is 0. The van der Waals surface area contributed by atoms with Gasteiger partial charge in [0, 0.05) is 17.5 Å². The fourth-order valence-electron chi connectivity index (χ4n) is 1.80.